The summed E-state index contributed by atoms with van der Waals surface area (Å²) < 4.78 is 0. The minimum atomic E-state index is 0.172. The van der Waals surface area contributed by atoms with E-state index in [-0.39, 0.29) is 23.3 Å². The molecule has 0 bridgehead atoms. The molecule has 0 aromatic heterocycles. The Labute approximate surface area is 93.0 Å². The van der Waals surface area contributed by atoms with Crippen LogP contribution in [0.2, 0.25) is 0 Å². The van der Waals surface area contributed by atoms with Crippen LogP contribution in [0.15, 0.2) is 0 Å². The predicted molar refractivity (Wildman–Crippen MR) is 62.4 cm³/mol. The molecular formula is C12H24N2O. The average molecular weight is 212 g/mol. The molecule has 0 aromatic carbocycles. The zero-order valence-electron chi connectivity index (χ0n) is 10.4. The highest BCUT2D eigenvalue weighted by Crippen LogP contribution is 2.26. The van der Waals surface area contributed by atoms with Crippen LogP contribution in [-0.4, -0.2) is 30.4 Å². The normalized spacial score (nSPS) is 26.7. The van der Waals surface area contributed by atoms with Gasteiger partial charge in [-0.15, -0.1) is 0 Å². The number of nitrogens with two attached hydrogens (primary N) is 1. The molecular weight excluding hydrogens is 188 g/mol. The Morgan fingerprint density at radius 3 is 2.40 bits per heavy atom. The predicted octanol–water partition coefficient (Wildman–Crippen LogP) is 1.62. The second-order valence-corrected chi connectivity index (χ2v) is 6.03. The molecule has 2 unspecified atom stereocenters. The number of rotatable bonds is 2. The van der Waals surface area contributed by atoms with Crippen LogP contribution in [0.5, 0.6) is 0 Å². The van der Waals surface area contributed by atoms with Gasteiger partial charge in [0.05, 0.1) is 0 Å². The van der Waals surface area contributed by atoms with Crippen LogP contribution in [0.25, 0.3) is 0 Å². The van der Waals surface area contributed by atoms with Crippen molar-refractivity contribution >= 4 is 5.91 Å². The summed E-state index contributed by atoms with van der Waals surface area (Å²) >= 11 is 0. The van der Waals surface area contributed by atoms with Gasteiger partial charge in [0.2, 0.25) is 5.91 Å². The molecule has 0 saturated heterocycles. The minimum absolute atomic E-state index is 0.172. The number of nitrogens with zero attached hydrogens (tertiary/aromatic N) is 1. The van der Waals surface area contributed by atoms with E-state index in [1.165, 1.54) is 0 Å². The van der Waals surface area contributed by atoms with Gasteiger partial charge in [0.25, 0.3) is 0 Å². The molecule has 1 amide bonds. The van der Waals surface area contributed by atoms with Gasteiger partial charge in [-0.25, -0.2) is 0 Å². The maximum Gasteiger partial charge on any atom is 0.225 e. The third-order valence-electron chi connectivity index (χ3n) is 2.91. The van der Waals surface area contributed by atoms with Crippen LogP contribution in [0.1, 0.15) is 40.0 Å². The van der Waals surface area contributed by atoms with Crippen LogP contribution in [0, 0.1) is 11.3 Å². The minimum Gasteiger partial charge on any atom is -0.345 e. The van der Waals surface area contributed by atoms with Gasteiger partial charge in [-0.3, -0.25) is 4.79 Å². The lowest BCUT2D eigenvalue weighted by atomic mass is 9.95. The van der Waals surface area contributed by atoms with Gasteiger partial charge in [-0.1, -0.05) is 20.8 Å². The Morgan fingerprint density at radius 2 is 2.00 bits per heavy atom. The van der Waals surface area contributed by atoms with Crippen molar-refractivity contribution in [1.29, 1.82) is 0 Å². The lowest BCUT2D eigenvalue weighted by Gasteiger charge is -2.28. The Hall–Kier alpha value is -0.570. The van der Waals surface area contributed by atoms with Crippen LogP contribution < -0.4 is 5.73 Å². The Morgan fingerprint density at radius 1 is 1.40 bits per heavy atom. The topological polar surface area (TPSA) is 46.3 Å². The zero-order valence-corrected chi connectivity index (χ0v) is 10.4. The molecule has 1 saturated carbocycles. The third kappa shape index (κ3) is 3.82. The van der Waals surface area contributed by atoms with Crippen molar-refractivity contribution in [2.24, 2.45) is 17.1 Å². The van der Waals surface area contributed by atoms with Crippen molar-refractivity contribution in [2.75, 3.05) is 13.6 Å². The summed E-state index contributed by atoms with van der Waals surface area (Å²) in [6.07, 6.45) is 2.83. The summed E-state index contributed by atoms with van der Waals surface area (Å²) in [5.74, 6) is 0.449. The van der Waals surface area contributed by atoms with Gasteiger partial charge < -0.3 is 10.6 Å². The molecule has 15 heavy (non-hydrogen) atoms. The first-order valence-electron chi connectivity index (χ1n) is 5.80. The highest BCUT2D eigenvalue weighted by Gasteiger charge is 2.30. The van der Waals surface area contributed by atoms with Crippen molar-refractivity contribution in [3.05, 3.63) is 0 Å². The molecule has 1 fully saturated rings. The maximum atomic E-state index is 12.0. The quantitative estimate of drug-likeness (QED) is 0.756. The highest BCUT2D eigenvalue weighted by molar-refractivity contribution is 5.79. The summed E-state index contributed by atoms with van der Waals surface area (Å²) in [7, 11) is 1.90. The van der Waals surface area contributed by atoms with Crippen molar-refractivity contribution in [1.82, 2.24) is 4.90 Å². The van der Waals surface area contributed by atoms with E-state index in [1.54, 1.807) is 0 Å². The van der Waals surface area contributed by atoms with E-state index in [0.29, 0.717) is 0 Å². The molecule has 0 aromatic rings. The molecule has 3 nitrogen and oxygen atoms in total. The molecule has 3 heteroatoms. The van der Waals surface area contributed by atoms with Gasteiger partial charge in [-0.05, 0) is 24.7 Å². The van der Waals surface area contributed by atoms with Gasteiger partial charge in [0.15, 0.2) is 0 Å². The standard InChI is InChI=1S/C12H24N2O/c1-12(2,3)8-14(4)11(15)9-5-6-10(13)7-9/h9-10H,5-8,13H2,1-4H3. The van der Waals surface area contributed by atoms with E-state index in [4.69, 9.17) is 5.73 Å². The smallest absolute Gasteiger partial charge is 0.225 e. The van der Waals surface area contributed by atoms with Crippen molar-refractivity contribution in [2.45, 2.75) is 46.1 Å². The molecule has 2 N–H and O–H groups in total. The summed E-state index contributed by atoms with van der Waals surface area (Å²) in [6.45, 7) is 7.27. The van der Waals surface area contributed by atoms with E-state index in [2.05, 4.69) is 20.8 Å². The summed E-state index contributed by atoms with van der Waals surface area (Å²) in [4.78, 5) is 13.9. The fraction of sp³-hybridized carbons (Fsp3) is 0.917. The van der Waals surface area contributed by atoms with E-state index < -0.39 is 0 Å². The van der Waals surface area contributed by atoms with Crippen molar-refractivity contribution < 1.29 is 4.79 Å². The second-order valence-electron chi connectivity index (χ2n) is 6.03. The Bertz CT molecular complexity index is 232. The van der Waals surface area contributed by atoms with Crippen LogP contribution in [0.3, 0.4) is 0 Å². The zero-order chi connectivity index (χ0) is 11.6. The van der Waals surface area contributed by atoms with Gasteiger partial charge in [-0.2, -0.15) is 0 Å². The monoisotopic (exact) mass is 212 g/mol. The molecule has 2 atom stereocenters. The average Bonchev–Trinajstić information content (AvgIpc) is 2.47. The van der Waals surface area contributed by atoms with Crippen LogP contribution >= 0.6 is 0 Å². The van der Waals surface area contributed by atoms with Crippen LogP contribution in [0.4, 0.5) is 0 Å². The molecule has 1 aliphatic carbocycles. The number of amides is 1. The summed E-state index contributed by atoms with van der Waals surface area (Å²) in [5, 5.41) is 0. The molecule has 1 rings (SSSR count). The van der Waals surface area contributed by atoms with Gasteiger partial charge in [0, 0.05) is 25.6 Å². The number of hydrogen-bond donors (Lipinski definition) is 1. The Balaban J connectivity index is 2.46. The first-order valence-corrected chi connectivity index (χ1v) is 5.80. The first-order chi connectivity index (χ1) is 6.79. The lowest BCUT2D eigenvalue weighted by molar-refractivity contribution is -0.135. The number of carbonyl (C=O) groups is 1. The van der Waals surface area contributed by atoms with Crippen LogP contribution in [-0.2, 0) is 4.79 Å². The van der Waals surface area contributed by atoms with Gasteiger partial charge in [0.1, 0.15) is 0 Å². The maximum absolute atomic E-state index is 12.0. The molecule has 0 radical (unpaired) electrons. The van der Waals surface area contributed by atoms with Gasteiger partial charge >= 0.3 is 0 Å². The lowest BCUT2D eigenvalue weighted by Crippen LogP contribution is -2.38. The third-order valence-corrected chi connectivity index (χ3v) is 2.91. The fourth-order valence-corrected chi connectivity index (χ4v) is 2.34. The van der Waals surface area contributed by atoms with E-state index >= 15 is 0 Å². The Kier molecular flexibility index (Phi) is 3.77. The molecule has 1 aliphatic rings. The highest BCUT2D eigenvalue weighted by atomic mass is 16.2. The van der Waals surface area contributed by atoms with Crippen molar-refractivity contribution in [3.63, 3.8) is 0 Å². The molecule has 0 spiro atoms. The van der Waals surface area contributed by atoms with E-state index in [9.17, 15) is 4.79 Å². The van der Waals surface area contributed by atoms with Crippen molar-refractivity contribution in [3.8, 4) is 0 Å². The summed E-state index contributed by atoms with van der Waals surface area (Å²) in [6, 6.07) is 0.238. The molecule has 0 aliphatic heterocycles. The van der Waals surface area contributed by atoms with E-state index in [1.807, 2.05) is 11.9 Å². The fourth-order valence-electron chi connectivity index (χ4n) is 2.34. The van der Waals surface area contributed by atoms with E-state index in [0.717, 1.165) is 25.8 Å². The number of hydrogen-bond acceptors (Lipinski definition) is 2. The SMILES string of the molecule is CN(CC(C)(C)C)C(=O)C1CCC(N)C1. The number of carbonyl (C=O) groups excluding carboxylic acids is 1. The largest absolute Gasteiger partial charge is 0.345 e. The molecule has 0 heterocycles. The second kappa shape index (κ2) is 4.52. The summed E-state index contributed by atoms with van der Waals surface area (Å²) in [5.41, 5.74) is 5.99. The first kappa shape index (κ1) is 12.5. The molecule has 88 valence electrons.